The predicted octanol–water partition coefficient (Wildman–Crippen LogP) is 3.08. The van der Waals surface area contributed by atoms with Crippen LogP contribution in [0.15, 0.2) is 36.5 Å². The molecule has 0 radical (unpaired) electrons. The summed E-state index contributed by atoms with van der Waals surface area (Å²) in [7, 11) is 0. The highest BCUT2D eigenvalue weighted by Crippen LogP contribution is 2.24. The molecule has 1 aliphatic heterocycles. The maximum Gasteiger partial charge on any atom is 0.409 e. The van der Waals surface area contributed by atoms with E-state index >= 15 is 0 Å². The van der Waals surface area contributed by atoms with Crippen molar-refractivity contribution < 1.29 is 19.1 Å². The summed E-state index contributed by atoms with van der Waals surface area (Å²) in [6.45, 7) is 5.76. The fourth-order valence-corrected chi connectivity index (χ4v) is 3.61. The second-order valence-electron chi connectivity index (χ2n) is 8.35. The van der Waals surface area contributed by atoms with Crippen molar-refractivity contribution in [3.63, 3.8) is 0 Å². The fourth-order valence-electron chi connectivity index (χ4n) is 3.61. The fraction of sp³-hybridized carbons (Fsp3) is 0.455. The van der Waals surface area contributed by atoms with Gasteiger partial charge in [-0.1, -0.05) is 24.6 Å². The summed E-state index contributed by atoms with van der Waals surface area (Å²) in [6, 6.07) is 8.81. The molecule has 1 saturated heterocycles. The molecule has 0 saturated carbocycles. The van der Waals surface area contributed by atoms with Gasteiger partial charge in [-0.15, -0.1) is 0 Å². The van der Waals surface area contributed by atoms with Gasteiger partial charge in [0, 0.05) is 18.1 Å². The van der Waals surface area contributed by atoms with Crippen molar-refractivity contribution >= 4 is 34.9 Å². The number of carbonyl (C=O) groups excluding carboxylic acids is 3. The van der Waals surface area contributed by atoms with Crippen molar-refractivity contribution in [1.82, 2.24) is 15.2 Å². The standard InChI is InChI=1S/C22H28N4O4/c1-22(2,3)30-21(29)25-18(14-27)26-13-5-4-11-17(26)20(28)24-16-10-6-8-15-9-7-12-23-19(15)16/h6-10,12,14,17-18H,4-5,11,13H2,1-3H3,(H,24,28)(H,25,29). The van der Waals surface area contributed by atoms with E-state index in [4.69, 9.17) is 4.74 Å². The Bertz CT molecular complexity index is 919. The Morgan fingerprint density at radius 2 is 2.00 bits per heavy atom. The minimum Gasteiger partial charge on any atom is -0.444 e. The molecule has 0 spiro atoms. The minimum absolute atomic E-state index is 0.231. The first-order chi connectivity index (χ1) is 14.3. The van der Waals surface area contributed by atoms with Gasteiger partial charge in [-0.3, -0.25) is 24.8 Å². The molecule has 2 unspecified atom stereocenters. The lowest BCUT2D eigenvalue weighted by Gasteiger charge is -2.38. The van der Waals surface area contributed by atoms with Gasteiger partial charge in [-0.2, -0.15) is 0 Å². The molecule has 1 aromatic carbocycles. The quantitative estimate of drug-likeness (QED) is 0.732. The SMILES string of the molecule is CC(C)(C)OC(=O)NC(C=O)N1CCCCC1C(=O)Nc1cccc2cccnc12. The number of hydrogen-bond acceptors (Lipinski definition) is 6. The molecule has 1 aliphatic rings. The van der Waals surface area contributed by atoms with E-state index in [0.29, 0.717) is 30.5 Å². The van der Waals surface area contributed by atoms with E-state index in [1.807, 2.05) is 24.3 Å². The number of para-hydroxylation sites is 1. The number of benzene rings is 1. The zero-order valence-corrected chi connectivity index (χ0v) is 17.6. The van der Waals surface area contributed by atoms with Gasteiger partial charge in [-0.25, -0.2) is 4.79 Å². The molecular formula is C22H28N4O4. The molecule has 2 amide bonds. The maximum absolute atomic E-state index is 13.1. The molecule has 8 heteroatoms. The number of rotatable bonds is 5. The molecule has 30 heavy (non-hydrogen) atoms. The highest BCUT2D eigenvalue weighted by atomic mass is 16.6. The van der Waals surface area contributed by atoms with Crippen LogP contribution >= 0.6 is 0 Å². The first-order valence-corrected chi connectivity index (χ1v) is 10.1. The van der Waals surface area contributed by atoms with E-state index in [0.717, 1.165) is 18.2 Å². The number of alkyl carbamates (subject to hydrolysis) is 1. The van der Waals surface area contributed by atoms with Crippen molar-refractivity contribution in [3.8, 4) is 0 Å². The van der Waals surface area contributed by atoms with Crippen LogP contribution in [-0.2, 0) is 14.3 Å². The van der Waals surface area contributed by atoms with Gasteiger partial charge in [0.2, 0.25) is 5.91 Å². The van der Waals surface area contributed by atoms with Crippen LogP contribution < -0.4 is 10.6 Å². The zero-order chi connectivity index (χ0) is 21.7. The Balaban J connectivity index is 1.76. The number of pyridine rings is 1. The van der Waals surface area contributed by atoms with Crippen molar-refractivity contribution in [3.05, 3.63) is 36.5 Å². The van der Waals surface area contributed by atoms with E-state index in [9.17, 15) is 14.4 Å². The summed E-state index contributed by atoms with van der Waals surface area (Å²) < 4.78 is 5.26. The smallest absolute Gasteiger partial charge is 0.409 e. The maximum atomic E-state index is 13.1. The normalized spacial score (nSPS) is 18.4. The van der Waals surface area contributed by atoms with Crippen LogP contribution in [-0.4, -0.2) is 52.5 Å². The third-order valence-corrected chi connectivity index (χ3v) is 4.89. The molecule has 160 valence electrons. The minimum atomic E-state index is -0.943. The van der Waals surface area contributed by atoms with Crippen LogP contribution in [0.1, 0.15) is 40.0 Å². The lowest BCUT2D eigenvalue weighted by atomic mass is 10.0. The number of aromatic nitrogens is 1. The van der Waals surface area contributed by atoms with Crippen LogP contribution in [0.4, 0.5) is 10.5 Å². The highest BCUT2D eigenvalue weighted by Gasteiger charge is 2.35. The van der Waals surface area contributed by atoms with Crippen molar-refractivity contribution in [2.24, 2.45) is 0 Å². The molecule has 2 atom stereocenters. The number of amides is 2. The molecule has 1 fully saturated rings. The molecule has 2 N–H and O–H groups in total. The van der Waals surface area contributed by atoms with Gasteiger partial charge in [-0.05, 0) is 45.7 Å². The van der Waals surface area contributed by atoms with Crippen LogP contribution in [0.2, 0.25) is 0 Å². The van der Waals surface area contributed by atoms with Crippen LogP contribution in [0.25, 0.3) is 10.9 Å². The zero-order valence-electron chi connectivity index (χ0n) is 17.6. The molecule has 2 heterocycles. The number of piperidine rings is 1. The van der Waals surface area contributed by atoms with E-state index in [2.05, 4.69) is 15.6 Å². The summed E-state index contributed by atoms with van der Waals surface area (Å²) in [5.41, 5.74) is 0.637. The number of nitrogens with zero attached hydrogens (tertiary/aromatic N) is 2. The Hall–Kier alpha value is -3.00. The summed E-state index contributed by atoms with van der Waals surface area (Å²) in [6.07, 6.45) is 2.96. The largest absolute Gasteiger partial charge is 0.444 e. The van der Waals surface area contributed by atoms with Crippen molar-refractivity contribution in [1.29, 1.82) is 0 Å². The Labute approximate surface area is 176 Å². The molecule has 1 aromatic heterocycles. The van der Waals surface area contributed by atoms with Gasteiger partial charge in [0.05, 0.1) is 17.2 Å². The number of nitrogens with one attached hydrogen (secondary N) is 2. The Morgan fingerprint density at radius 3 is 2.73 bits per heavy atom. The second-order valence-corrected chi connectivity index (χ2v) is 8.35. The molecule has 2 aromatic rings. The lowest BCUT2D eigenvalue weighted by Crippen LogP contribution is -2.58. The number of carbonyl (C=O) groups is 3. The van der Waals surface area contributed by atoms with Crippen LogP contribution in [0.3, 0.4) is 0 Å². The van der Waals surface area contributed by atoms with E-state index in [1.54, 1.807) is 37.9 Å². The topological polar surface area (TPSA) is 101 Å². The van der Waals surface area contributed by atoms with E-state index in [1.165, 1.54) is 0 Å². The first kappa shape index (κ1) is 21.7. The molecule has 3 rings (SSSR count). The summed E-state index contributed by atoms with van der Waals surface area (Å²) in [5.74, 6) is -0.231. The van der Waals surface area contributed by atoms with Gasteiger partial charge in [0.15, 0.2) is 6.29 Å². The van der Waals surface area contributed by atoms with Crippen molar-refractivity contribution in [2.75, 3.05) is 11.9 Å². The van der Waals surface area contributed by atoms with E-state index in [-0.39, 0.29) is 5.91 Å². The highest BCUT2D eigenvalue weighted by molar-refractivity contribution is 6.02. The average Bonchev–Trinajstić information content (AvgIpc) is 2.71. The number of aldehydes is 1. The molecular weight excluding hydrogens is 384 g/mol. The monoisotopic (exact) mass is 412 g/mol. The number of ether oxygens (including phenoxy) is 1. The van der Waals surface area contributed by atoms with Gasteiger partial charge in [0.25, 0.3) is 0 Å². The number of fused-ring (bicyclic) bond motifs is 1. The second kappa shape index (κ2) is 9.21. The molecule has 0 bridgehead atoms. The number of likely N-dealkylation sites (tertiary alicyclic amines) is 1. The number of hydrogen-bond donors (Lipinski definition) is 2. The molecule has 0 aliphatic carbocycles. The van der Waals surface area contributed by atoms with Crippen LogP contribution in [0.5, 0.6) is 0 Å². The van der Waals surface area contributed by atoms with Crippen molar-refractivity contribution in [2.45, 2.75) is 57.8 Å². The molecule has 8 nitrogen and oxygen atoms in total. The summed E-state index contributed by atoms with van der Waals surface area (Å²) in [4.78, 5) is 43.1. The van der Waals surface area contributed by atoms with Gasteiger partial charge in [0.1, 0.15) is 11.8 Å². The van der Waals surface area contributed by atoms with Crippen LogP contribution in [0, 0.1) is 0 Å². The Morgan fingerprint density at radius 1 is 1.23 bits per heavy atom. The first-order valence-electron chi connectivity index (χ1n) is 10.1. The summed E-state index contributed by atoms with van der Waals surface area (Å²) in [5, 5.41) is 6.45. The summed E-state index contributed by atoms with van der Waals surface area (Å²) >= 11 is 0. The predicted molar refractivity (Wildman–Crippen MR) is 114 cm³/mol. The third kappa shape index (κ3) is 5.33. The van der Waals surface area contributed by atoms with Gasteiger partial charge < -0.3 is 10.1 Å². The van der Waals surface area contributed by atoms with Gasteiger partial charge >= 0.3 is 6.09 Å². The average molecular weight is 412 g/mol. The van der Waals surface area contributed by atoms with E-state index < -0.39 is 23.9 Å². The lowest BCUT2D eigenvalue weighted by molar-refractivity contribution is -0.126. The Kier molecular flexibility index (Phi) is 6.66. The third-order valence-electron chi connectivity index (χ3n) is 4.89. The number of anilines is 1.